The van der Waals surface area contributed by atoms with E-state index in [0.717, 1.165) is 22.5 Å². The molecule has 210 valence electrons. The first-order valence-corrected chi connectivity index (χ1v) is 13.1. The molecule has 4 rings (SSSR count). The fourth-order valence-electron chi connectivity index (χ4n) is 5.30. The number of alkyl halides is 2. The van der Waals surface area contributed by atoms with Gasteiger partial charge in [0, 0.05) is 29.6 Å². The van der Waals surface area contributed by atoms with Gasteiger partial charge in [0.15, 0.2) is 0 Å². The first kappa shape index (κ1) is 28.4. The second kappa shape index (κ2) is 10.9. The summed E-state index contributed by atoms with van der Waals surface area (Å²) in [5.41, 5.74) is 3.66. The zero-order valence-corrected chi connectivity index (χ0v) is 22.9. The predicted octanol–water partition coefficient (Wildman–Crippen LogP) is 4.64. The molecule has 0 spiro atoms. The van der Waals surface area contributed by atoms with Crippen molar-refractivity contribution in [3.63, 3.8) is 0 Å². The van der Waals surface area contributed by atoms with E-state index in [0.29, 0.717) is 12.1 Å². The van der Waals surface area contributed by atoms with Crippen molar-refractivity contribution in [3.05, 3.63) is 53.6 Å². The molecule has 1 unspecified atom stereocenters. The molecule has 9 nitrogen and oxygen atoms in total. The quantitative estimate of drug-likeness (QED) is 0.330. The van der Waals surface area contributed by atoms with E-state index in [1.165, 1.54) is 16.9 Å². The highest BCUT2D eigenvalue weighted by Crippen LogP contribution is 2.48. The van der Waals surface area contributed by atoms with Gasteiger partial charge in [-0.15, -0.1) is 0 Å². The highest BCUT2D eigenvalue weighted by molar-refractivity contribution is 6.01. The van der Waals surface area contributed by atoms with Gasteiger partial charge in [0.25, 0.3) is 11.8 Å². The van der Waals surface area contributed by atoms with E-state index in [4.69, 9.17) is 0 Å². The first-order chi connectivity index (χ1) is 18.3. The molecule has 0 aliphatic heterocycles. The molecule has 3 atom stereocenters. The second-order valence-corrected chi connectivity index (χ2v) is 11.3. The number of aromatic amines is 1. The molecule has 2 aromatic heterocycles. The normalized spacial score (nSPS) is 19.7. The largest absolute Gasteiger partial charge is 0.394 e. The third kappa shape index (κ3) is 6.03. The summed E-state index contributed by atoms with van der Waals surface area (Å²) >= 11 is 0. The Morgan fingerprint density at radius 3 is 2.49 bits per heavy atom. The van der Waals surface area contributed by atoms with Crippen molar-refractivity contribution in [1.29, 1.82) is 0 Å². The van der Waals surface area contributed by atoms with Crippen molar-refractivity contribution in [2.45, 2.75) is 71.9 Å². The van der Waals surface area contributed by atoms with Crippen molar-refractivity contribution in [1.82, 2.24) is 25.3 Å². The van der Waals surface area contributed by atoms with Crippen LogP contribution in [0.4, 0.5) is 14.5 Å². The molecular formula is C28H36F2N6O3. The molecule has 1 saturated carbocycles. The van der Waals surface area contributed by atoms with Crippen LogP contribution in [0, 0.1) is 25.2 Å². The molecule has 0 saturated heterocycles. The highest BCUT2D eigenvalue weighted by atomic mass is 19.3. The van der Waals surface area contributed by atoms with E-state index in [2.05, 4.69) is 25.9 Å². The van der Waals surface area contributed by atoms with Crippen LogP contribution in [0.2, 0.25) is 0 Å². The van der Waals surface area contributed by atoms with Crippen LogP contribution in [0.25, 0.3) is 11.1 Å². The number of halogens is 2. The van der Waals surface area contributed by atoms with Crippen LogP contribution in [-0.4, -0.2) is 55.5 Å². The number of aryl methyl sites for hydroxylation is 2. The molecule has 0 radical (unpaired) electrons. The van der Waals surface area contributed by atoms with Gasteiger partial charge < -0.3 is 15.7 Å². The Morgan fingerprint density at radius 1 is 1.18 bits per heavy atom. The maximum Gasteiger partial charge on any atom is 0.270 e. The molecule has 2 amide bonds. The molecule has 4 N–H and O–H groups in total. The van der Waals surface area contributed by atoms with Gasteiger partial charge in [0.2, 0.25) is 5.91 Å². The summed E-state index contributed by atoms with van der Waals surface area (Å²) < 4.78 is 31.9. The van der Waals surface area contributed by atoms with Crippen molar-refractivity contribution < 1.29 is 23.5 Å². The Bertz CT molecular complexity index is 1310. The monoisotopic (exact) mass is 542 g/mol. The molecule has 0 bridgehead atoms. The fourth-order valence-corrected chi connectivity index (χ4v) is 5.30. The van der Waals surface area contributed by atoms with Crippen LogP contribution < -0.4 is 10.6 Å². The molecule has 1 fully saturated rings. The smallest absolute Gasteiger partial charge is 0.270 e. The van der Waals surface area contributed by atoms with E-state index in [9.17, 15) is 14.7 Å². The topological polar surface area (TPSA) is 125 Å². The fraction of sp³-hybridized carbons (Fsp3) is 0.500. The number of hydrogen-bond donors (Lipinski definition) is 4. The van der Waals surface area contributed by atoms with Gasteiger partial charge in [0.05, 0.1) is 24.3 Å². The van der Waals surface area contributed by atoms with Crippen LogP contribution in [0.5, 0.6) is 0 Å². The van der Waals surface area contributed by atoms with E-state index in [1.807, 2.05) is 39.8 Å². The third-order valence-electron chi connectivity index (χ3n) is 7.58. The summed E-state index contributed by atoms with van der Waals surface area (Å²) in [5.74, 6) is -6.00. The average molecular weight is 543 g/mol. The van der Waals surface area contributed by atoms with Gasteiger partial charge in [-0.2, -0.15) is 10.2 Å². The molecule has 1 aliphatic carbocycles. The van der Waals surface area contributed by atoms with E-state index < -0.39 is 41.2 Å². The molecular weight excluding hydrogens is 506 g/mol. The number of anilines is 1. The third-order valence-corrected chi connectivity index (χ3v) is 7.58. The molecule has 1 aromatic carbocycles. The number of H-pyrrole nitrogens is 1. The number of rotatable bonds is 8. The number of aliphatic hydroxyl groups is 1. The number of hydrogen-bond acceptors (Lipinski definition) is 5. The van der Waals surface area contributed by atoms with Crippen molar-refractivity contribution >= 4 is 17.5 Å². The Balaban J connectivity index is 1.62. The van der Waals surface area contributed by atoms with Gasteiger partial charge in [0.1, 0.15) is 11.7 Å². The first-order valence-electron chi connectivity index (χ1n) is 13.1. The number of carbonyl (C=O) groups excluding carboxylic acids is 2. The summed E-state index contributed by atoms with van der Waals surface area (Å²) in [7, 11) is 0. The van der Waals surface area contributed by atoms with Gasteiger partial charge in [-0.05, 0) is 62.8 Å². The Morgan fingerprint density at radius 2 is 1.87 bits per heavy atom. The molecule has 1 aliphatic rings. The van der Waals surface area contributed by atoms with Gasteiger partial charge >= 0.3 is 0 Å². The molecule has 11 heteroatoms. The van der Waals surface area contributed by atoms with Crippen LogP contribution in [-0.2, 0) is 4.79 Å². The average Bonchev–Trinajstić information content (AvgIpc) is 3.51. The molecule has 3 aromatic rings. The SMILES string of the molecule is Cc1n[nH]c(C)c1-c1ccc(NC(=O)[C@@H](NC(=O)c2ccnn2C(C)CO)[C@@H]2CC(C)(C)CCC2(F)F)cc1. The standard InChI is InChI=1S/C28H36F2N6O3/c1-16(15-37)36-22(10-13-31-36)25(38)33-24(21-14-27(4,5)11-12-28(21,29)30)26(39)32-20-8-6-19(7-9-20)23-17(2)34-35-18(23)3/h6-10,13,16,21,24,37H,11-12,14-15H2,1-5H3,(H,32,39)(H,33,38)(H,34,35)/t16?,21-,24-/m0/s1. The second-order valence-electron chi connectivity index (χ2n) is 11.3. The lowest BCUT2D eigenvalue weighted by Crippen LogP contribution is -2.56. The lowest BCUT2D eigenvalue weighted by atomic mass is 9.68. The number of benzene rings is 1. The Hall–Kier alpha value is -3.60. The molecule has 39 heavy (non-hydrogen) atoms. The number of amides is 2. The number of nitrogens with zero attached hydrogens (tertiary/aromatic N) is 3. The minimum Gasteiger partial charge on any atom is -0.394 e. The highest BCUT2D eigenvalue weighted by Gasteiger charge is 2.53. The maximum atomic E-state index is 15.3. The van der Waals surface area contributed by atoms with Crippen LogP contribution in [0.1, 0.15) is 68.0 Å². The number of nitrogens with one attached hydrogen (secondary N) is 3. The number of aromatic nitrogens is 4. The Labute approximate surface area is 226 Å². The van der Waals surface area contributed by atoms with Gasteiger partial charge in [-0.3, -0.25) is 19.4 Å². The minimum absolute atomic E-state index is 0.0582. The summed E-state index contributed by atoms with van der Waals surface area (Å²) in [4.78, 5) is 26.9. The van der Waals surface area contributed by atoms with E-state index in [1.54, 1.807) is 19.1 Å². The van der Waals surface area contributed by atoms with E-state index >= 15 is 8.78 Å². The lowest BCUT2D eigenvalue weighted by Gasteiger charge is -2.43. The van der Waals surface area contributed by atoms with E-state index in [-0.39, 0.29) is 25.1 Å². The summed E-state index contributed by atoms with van der Waals surface area (Å²) in [6, 6.07) is 6.44. The maximum absolute atomic E-state index is 15.3. The van der Waals surface area contributed by atoms with Crippen LogP contribution in [0.3, 0.4) is 0 Å². The van der Waals surface area contributed by atoms with Crippen molar-refractivity contribution in [2.24, 2.45) is 11.3 Å². The van der Waals surface area contributed by atoms with Crippen LogP contribution in [0.15, 0.2) is 36.5 Å². The zero-order valence-electron chi connectivity index (χ0n) is 22.9. The summed E-state index contributed by atoms with van der Waals surface area (Å²) in [6.07, 6.45) is 1.39. The predicted molar refractivity (Wildman–Crippen MR) is 143 cm³/mol. The van der Waals surface area contributed by atoms with Gasteiger partial charge in [-0.25, -0.2) is 8.78 Å². The molecule has 2 heterocycles. The number of carbonyl (C=O) groups is 2. The van der Waals surface area contributed by atoms with Crippen LogP contribution >= 0.6 is 0 Å². The van der Waals surface area contributed by atoms with Crippen molar-refractivity contribution in [2.75, 3.05) is 11.9 Å². The van der Waals surface area contributed by atoms with Gasteiger partial charge in [-0.1, -0.05) is 26.0 Å². The summed E-state index contributed by atoms with van der Waals surface area (Å²) in [5, 5.41) is 26.1. The Kier molecular flexibility index (Phi) is 7.92. The zero-order chi connectivity index (χ0) is 28.5. The number of aliphatic hydroxyl groups excluding tert-OH is 1. The van der Waals surface area contributed by atoms with Crippen molar-refractivity contribution in [3.8, 4) is 11.1 Å². The minimum atomic E-state index is -3.15. The lowest BCUT2D eigenvalue weighted by molar-refractivity contribution is -0.140. The summed E-state index contributed by atoms with van der Waals surface area (Å²) in [6.45, 7) is 8.99.